The molecule has 0 aromatic heterocycles. The maximum absolute atomic E-state index is 12.5. The standard InChI is InChI=1S/C25H37O4P.3CH3.Li.Ni/c1-23(2,3)30(24(4,5)6)17-25(26,18-13-11-10-12-14-18)22-20(28-8)15-19(27-7)16-21(22)29-9;;;;;/h10-16,26H,17H2,1-9H3;3*1H3;;/q;3*-1;+1;+2/p+1/t25-;;;;;/m1...../s1. The van der Waals surface area contributed by atoms with Crippen LogP contribution in [0.4, 0.5) is 0 Å². The van der Waals surface area contributed by atoms with Gasteiger partial charge in [0.25, 0.3) is 0 Å². The van der Waals surface area contributed by atoms with Crippen molar-refractivity contribution in [3.05, 3.63) is 75.9 Å². The first-order valence-electron chi connectivity index (χ1n) is 10.3. The molecule has 0 aliphatic heterocycles. The van der Waals surface area contributed by atoms with Gasteiger partial charge in [-0.2, -0.15) is 0 Å². The minimum absolute atomic E-state index is 0. The smallest absolute Gasteiger partial charge is 0.496 e. The van der Waals surface area contributed by atoms with E-state index >= 15 is 0 Å². The third-order valence-electron chi connectivity index (χ3n) is 5.62. The maximum Gasteiger partial charge on any atom is 2.00 e. The molecular formula is C28H47LiNiO4P+. The van der Waals surface area contributed by atoms with Gasteiger partial charge in [0.2, 0.25) is 0 Å². The van der Waals surface area contributed by atoms with Crippen molar-refractivity contribution in [2.75, 3.05) is 27.5 Å². The Kier molecular flexibility index (Phi) is 19.2. The van der Waals surface area contributed by atoms with E-state index in [1.165, 1.54) is 0 Å². The number of ether oxygens (including phenoxy) is 3. The largest absolute Gasteiger partial charge is 2.00 e. The van der Waals surface area contributed by atoms with Crippen LogP contribution in [0.3, 0.4) is 0 Å². The first-order chi connectivity index (χ1) is 13.9. The molecule has 0 saturated heterocycles. The van der Waals surface area contributed by atoms with E-state index < -0.39 is 13.5 Å². The minimum atomic E-state index is -1.26. The minimum Gasteiger partial charge on any atom is -0.496 e. The molecule has 7 heteroatoms. The van der Waals surface area contributed by atoms with Crippen molar-refractivity contribution < 1.29 is 54.7 Å². The summed E-state index contributed by atoms with van der Waals surface area (Å²) in [7, 11) is 3.75. The maximum atomic E-state index is 12.5. The summed E-state index contributed by atoms with van der Waals surface area (Å²) in [6, 6.07) is 13.5. The fourth-order valence-electron chi connectivity index (χ4n) is 4.37. The van der Waals surface area contributed by atoms with Crippen LogP contribution >= 0.6 is 7.92 Å². The molecule has 2 aromatic carbocycles. The van der Waals surface area contributed by atoms with E-state index in [1.807, 2.05) is 42.5 Å². The molecule has 0 spiro atoms. The van der Waals surface area contributed by atoms with Crippen LogP contribution in [0.5, 0.6) is 17.2 Å². The van der Waals surface area contributed by atoms with Crippen molar-refractivity contribution in [1.29, 1.82) is 0 Å². The van der Waals surface area contributed by atoms with Crippen LogP contribution in [0.1, 0.15) is 52.7 Å². The van der Waals surface area contributed by atoms with Gasteiger partial charge in [-0.05, 0) is 47.1 Å². The Bertz CT molecular complexity index is 811. The molecule has 35 heavy (non-hydrogen) atoms. The predicted molar refractivity (Wildman–Crippen MR) is 147 cm³/mol. The van der Waals surface area contributed by atoms with E-state index in [0.29, 0.717) is 29.0 Å². The van der Waals surface area contributed by atoms with Gasteiger partial charge in [-0.25, -0.2) is 0 Å². The summed E-state index contributed by atoms with van der Waals surface area (Å²) in [4.78, 5) is 0. The zero-order valence-electron chi connectivity index (χ0n) is 24.2. The van der Waals surface area contributed by atoms with Crippen LogP contribution in [-0.2, 0) is 22.1 Å². The Morgan fingerprint density at radius 3 is 1.46 bits per heavy atom. The van der Waals surface area contributed by atoms with Crippen molar-refractivity contribution >= 4 is 7.92 Å². The first kappa shape index (κ1) is 41.4. The van der Waals surface area contributed by atoms with Crippen molar-refractivity contribution in [2.45, 2.75) is 57.5 Å². The number of hydrogen-bond donors (Lipinski definition) is 1. The number of benzene rings is 2. The summed E-state index contributed by atoms with van der Waals surface area (Å²) >= 11 is 0. The summed E-state index contributed by atoms with van der Waals surface area (Å²) in [6.07, 6.45) is 0.619. The zero-order valence-corrected chi connectivity index (χ0v) is 26.2. The van der Waals surface area contributed by atoms with Crippen LogP contribution in [-0.4, -0.2) is 42.9 Å². The van der Waals surface area contributed by atoms with Crippen LogP contribution in [0.2, 0.25) is 0 Å². The predicted octanol–water partition coefficient (Wildman–Crippen LogP) is 4.11. The second kappa shape index (κ2) is 16.2. The van der Waals surface area contributed by atoms with Crippen molar-refractivity contribution in [1.82, 2.24) is 0 Å². The summed E-state index contributed by atoms with van der Waals surface area (Å²) in [6.45, 7) is 13.7. The Morgan fingerprint density at radius 2 is 1.14 bits per heavy atom. The Hall–Kier alpha value is -0.679. The molecule has 0 heterocycles. The van der Waals surface area contributed by atoms with Gasteiger partial charge in [-0.3, -0.25) is 0 Å². The molecule has 2 aromatic rings. The molecular weight excluding hydrogens is 497 g/mol. The second-order valence-electron chi connectivity index (χ2n) is 9.79. The van der Waals surface area contributed by atoms with E-state index in [0.717, 1.165) is 5.56 Å². The normalized spacial score (nSPS) is 12.3. The average molecular weight is 544 g/mol. The van der Waals surface area contributed by atoms with Crippen LogP contribution in [0.25, 0.3) is 0 Å². The van der Waals surface area contributed by atoms with Gasteiger partial charge in [0, 0.05) is 20.1 Å². The van der Waals surface area contributed by atoms with Gasteiger partial charge in [0.05, 0.1) is 43.4 Å². The fraction of sp³-hybridized carbons (Fsp3) is 0.464. The van der Waals surface area contributed by atoms with Crippen molar-refractivity contribution in [3.63, 3.8) is 0 Å². The molecule has 4 nitrogen and oxygen atoms in total. The summed E-state index contributed by atoms with van der Waals surface area (Å²) in [5.74, 6) is 1.74. The number of aliphatic hydroxyl groups is 1. The quantitative estimate of drug-likeness (QED) is 0.324. The summed E-state index contributed by atoms with van der Waals surface area (Å²) < 4.78 is 16.9. The Morgan fingerprint density at radius 1 is 0.743 bits per heavy atom. The molecule has 0 aliphatic rings. The zero-order chi connectivity index (χ0) is 22.7. The molecule has 0 fully saturated rings. The summed E-state index contributed by atoms with van der Waals surface area (Å²) in [5, 5.41) is 12.6. The molecule has 2 rings (SSSR count). The van der Waals surface area contributed by atoms with Crippen LogP contribution in [0, 0.1) is 22.3 Å². The number of rotatable bonds is 7. The molecule has 0 aliphatic carbocycles. The van der Waals surface area contributed by atoms with Crippen molar-refractivity contribution in [2.24, 2.45) is 0 Å². The average Bonchev–Trinajstić information content (AvgIpc) is 2.69. The van der Waals surface area contributed by atoms with Crippen molar-refractivity contribution in [3.8, 4) is 17.2 Å². The van der Waals surface area contributed by atoms with Gasteiger partial charge < -0.3 is 41.6 Å². The Balaban J connectivity index is -0.000000961. The van der Waals surface area contributed by atoms with E-state index in [4.69, 9.17) is 14.2 Å². The van der Waals surface area contributed by atoms with Gasteiger partial charge >= 0.3 is 35.4 Å². The first-order valence-corrected chi connectivity index (χ1v) is 12.0. The molecule has 0 saturated carbocycles. The van der Waals surface area contributed by atoms with Gasteiger partial charge in [0.1, 0.15) is 17.2 Å². The third-order valence-corrected chi connectivity index (χ3v) is 10.1. The molecule has 0 bridgehead atoms. The molecule has 1 atom stereocenters. The molecule has 0 unspecified atom stereocenters. The second-order valence-corrected chi connectivity index (χ2v) is 14.1. The fourth-order valence-corrected chi connectivity index (χ4v) is 8.58. The Labute approximate surface area is 239 Å². The van der Waals surface area contributed by atoms with E-state index in [-0.39, 0.29) is 67.9 Å². The SMILES string of the molecule is COc1cc(OC)c([C@@](O)(C[PH+](C(C)(C)C)C(C)(C)C)c2ccccc2)c(OC)c1.[CH3-].[CH3-].[CH3-].[Li+].[Ni+2]. The molecule has 0 radical (unpaired) electrons. The van der Waals surface area contributed by atoms with Gasteiger partial charge in [0.15, 0.2) is 5.60 Å². The van der Waals surface area contributed by atoms with E-state index in [2.05, 4.69) is 41.5 Å². The molecule has 1 N–H and O–H groups in total. The van der Waals surface area contributed by atoms with Gasteiger partial charge in [-0.15, -0.1) is 0 Å². The monoisotopic (exact) mass is 543 g/mol. The van der Waals surface area contributed by atoms with Gasteiger partial charge in [-0.1, -0.05) is 30.3 Å². The summed E-state index contributed by atoms with van der Waals surface area (Å²) in [5.41, 5.74) is 0.220. The van der Waals surface area contributed by atoms with E-state index in [1.54, 1.807) is 21.3 Å². The van der Waals surface area contributed by atoms with E-state index in [9.17, 15) is 5.11 Å². The topological polar surface area (TPSA) is 47.9 Å². The molecule has 0 amide bonds. The number of hydrogen-bond acceptors (Lipinski definition) is 4. The number of methoxy groups -OCH3 is 3. The third kappa shape index (κ3) is 9.61. The van der Waals surface area contributed by atoms with Crippen LogP contribution < -0.4 is 33.1 Å². The molecule has 198 valence electrons. The van der Waals surface area contributed by atoms with Crippen LogP contribution in [0.15, 0.2) is 42.5 Å².